The first kappa shape index (κ1) is 19.1. The van der Waals surface area contributed by atoms with Crippen LogP contribution in [0.2, 0.25) is 0 Å². The molecule has 2 heterocycles. The molecule has 2 amide bonds. The SMILES string of the molecule is COc1cccc(/C=C2\SC(=S)N(CC(=O)Nc3cccc4nonc34)C2=O)c1. The second kappa shape index (κ2) is 8.02. The molecule has 0 spiro atoms. The molecule has 146 valence electrons. The Labute approximate surface area is 174 Å². The third kappa shape index (κ3) is 3.98. The van der Waals surface area contributed by atoms with Crippen LogP contribution < -0.4 is 10.1 Å². The summed E-state index contributed by atoms with van der Waals surface area (Å²) < 4.78 is 10.2. The Morgan fingerprint density at radius 3 is 2.97 bits per heavy atom. The third-order valence-electron chi connectivity index (χ3n) is 4.13. The Kier molecular flexibility index (Phi) is 5.28. The summed E-state index contributed by atoms with van der Waals surface area (Å²) in [6.45, 7) is -0.207. The van der Waals surface area contributed by atoms with E-state index >= 15 is 0 Å². The lowest BCUT2D eigenvalue weighted by Crippen LogP contribution is -2.36. The molecule has 0 aliphatic carbocycles. The number of aromatic nitrogens is 2. The van der Waals surface area contributed by atoms with E-state index in [1.807, 2.05) is 24.3 Å². The van der Waals surface area contributed by atoms with E-state index in [0.717, 1.165) is 17.3 Å². The van der Waals surface area contributed by atoms with Crippen molar-refractivity contribution in [3.63, 3.8) is 0 Å². The molecular formula is C19H14N4O4S2. The van der Waals surface area contributed by atoms with Crippen LogP contribution in [0, 0.1) is 0 Å². The van der Waals surface area contributed by atoms with Gasteiger partial charge in [-0.25, -0.2) is 4.63 Å². The maximum absolute atomic E-state index is 12.7. The number of thioether (sulfide) groups is 1. The normalized spacial score (nSPS) is 15.3. The maximum Gasteiger partial charge on any atom is 0.266 e. The number of hydrogen-bond donors (Lipinski definition) is 1. The van der Waals surface area contributed by atoms with E-state index in [0.29, 0.717) is 31.7 Å². The van der Waals surface area contributed by atoms with Crippen LogP contribution in [-0.2, 0) is 9.59 Å². The molecule has 1 saturated heterocycles. The van der Waals surface area contributed by atoms with Gasteiger partial charge in [-0.05, 0) is 46.2 Å². The number of hydrogen-bond acceptors (Lipinski definition) is 8. The molecule has 10 heteroatoms. The Morgan fingerprint density at radius 1 is 1.31 bits per heavy atom. The van der Waals surface area contributed by atoms with Crippen LogP contribution in [0.3, 0.4) is 0 Å². The van der Waals surface area contributed by atoms with Crippen molar-refractivity contribution in [2.24, 2.45) is 0 Å². The molecule has 1 N–H and O–H groups in total. The fourth-order valence-electron chi connectivity index (χ4n) is 2.76. The largest absolute Gasteiger partial charge is 0.497 e. The van der Waals surface area contributed by atoms with E-state index < -0.39 is 5.91 Å². The molecule has 29 heavy (non-hydrogen) atoms. The summed E-state index contributed by atoms with van der Waals surface area (Å²) in [4.78, 5) is 26.9. The van der Waals surface area contributed by atoms with E-state index in [2.05, 4.69) is 20.3 Å². The number of nitrogens with one attached hydrogen (secondary N) is 1. The van der Waals surface area contributed by atoms with Crippen LogP contribution in [-0.4, -0.2) is 45.0 Å². The van der Waals surface area contributed by atoms with E-state index in [4.69, 9.17) is 17.0 Å². The zero-order chi connectivity index (χ0) is 20.4. The summed E-state index contributed by atoms with van der Waals surface area (Å²) in [6.07, 6.45) is 1.72. The fraction of sp³-hybridized carbons (Fsp3) is 0.105. The Morgan fingerprint density at radius 2 is 2.14 bits per heavy atom. The van der Waals surface area contributed by atoms with Gasteiger partial charge in [0.1, 0.15) is 22.1 Å². The van der Waals surface area contributed by atoms with Crippen molar-refractivity contribution < 1.29 is 19.0 Å². The molecule has 0 saturated carbocycles. The van der Waals surface area contributed by atoms with Crippen LogP contribution in [0.4, 0.5) is 5.69 Å². The zero-order valence-corrected chi connectivity index (χ0v) is 16.8. The highest BCUT2D eigenvalue weighted by atomic mass is 32.2. The summed E-state index contributed by atoms with van der Waals surface area (Å²) >= 11 is 6.44. The molecule has 0 bridgehead atoms. The highest BCUT2D eigenvalue weighted by molar-refractivity contribution is 8.26. The number of benzene rings is 2. The number of ether oxygens (including phenoxy) is 1. The van der Waals surface area contributed by atoms with Gasteiger partial charge in [-0.1, -0.05) is 42.2 Å². The predicted molar refractivity (Wildman–Crippen MR) is 113 cm³/mol. The minimum atomic E-state index is -0.403. The van der Waals surface area contributed by atoms with Gasteiger partial charge in [-0.15, -0.1) is 0 Å². The average molecular weight is 426 g/mol. The van der Waals surface area contributed by atoms with Crippen LogP contribution >= 0.6 is 24.0 Å². The van der Waals surface area contributed by atoms with Crippen LogP contribution in [0.15, 0.2) is 52.0 Å². The van der Waals surface area contributed by atoms with E-state index in [9.17, 15) is 9.59 Å². The van der Waals surface area contributed by atoms with Gasteiger partial charge in [0.05, 0.1) is 17.7 Å². The van der Waals surface area contributed by atoms with Crippen molar-refractivity contribution in [1.82, 2.24) is 15.2 Å². The highest BCUT2D eigenvalue weighted by Gasteiger charge is 2.33. The predicted octanol–water partition coefficient (Wildman–Crippen LogP) is 3.07. The summed E-state index contributed by atoms with van der Waals surface area (Å²) in [6, 6.07) is 12.4. The van der Waals surface area contributed by atoms with E-state index in [1.54, 1.807) is 31.4 Å². The molecular weight excluding hydrogens is 412 g/mol. The van der Waals surface area contributed by atoms with Gasteiger partial charge in [-0.2, -0.15) is 0 Å². The standard InChI is InChI=1S/C19H14N4O4S2/c1-26-12-5-2-4-11(8-12)9-15-18(25)23(19(28)29-15)10-16(24)20-13-6-3-7-14-17(13)22-27-21-14/h2-9H,10H2,1H3,(H,20,24)/b15-9-. The molecule has 3 aromatic rings. The van der Waals surface area contributed by atoms with Gasteiger partial charge in [0, 0.05) is 0 Å². The average Bonchev–Trinajstić information content (AvgIpc) is 3.29. The van der Waals surface area contributed by atoms with Crippen molar-refractivity contribution in [2.45, 2.75) is 0 Å². The number of fused-ring (bicyclic) bond motifs is 1. The highest BCUT2D eigenvalue weighted by Crippen LogP contribution is 2.33. The lowest BCUT2D eigenvalue weighted by atomic mass is 10.2. The number of thiocarbonyl (C=S) groups is 1. The quantitative estimate of drug-likeness (QED) is 0.491. The second-order valence-corrected chi connectivity index (χ2v) is 7.71. The van der Waals surface area contributed by atoms with Crippen LogP contribution in [0.25, 0.3) is 17.1 Å². The van der Waals surface area contributed by atoms with Crippen molar-refractivity contribution >= 4 is 62.9 Å². The Balaban J connectivity index is 1.48. The lowest BCUT2D eigenvalue weighted by molar-refractivity contribution is -0.126. The summed E-state index contributed by atoms with van der Waals surface area (Å²) in [7, 11) is 1.58. The first-order valence-electron chi connectivity index (χ1n) is 8.46. The molecule has 0 radical (unpaired) electrons. The van der Waals surface area contributed by atoms with Crippen LogP contribution in [0.5, 0.6) is 5.75 Å². The van der Waals surface area contributed by atoms with E-state index in [1.165, 1.54) is 4.90 Å². The van der Waals surface area contributed by atoms with Gasteiger partial charge < -0.3 is 10.1 Å². The van der Waals surface area contributed by atoms with Gasteiger partial charge in [0.15, 0.2) is 5.52 Å². The topological polar surface area (TPSA) is 97.6 Å². The van der Waals surface area contributed by atoms with Crippen molar-refractivity contribution in [2.75, 3.05) is 19.0 Å². The molecule has 1 aromatic heterocycles. The van der Waals surface area contributed by atoms with Gasteiger partial charge in [-0.3, -0.25) is 14.5 Å². The first-order valence-corrected chi connectivity index (χ1v) is 9.68. The molecule has 4 rings (SSSR count). The molecule has 0 unspecified atom stereocenters. The second-order valence-electron chi connectivity index (χ2n) is 6.03. The number of methoxy groups -OCH3 is 1. The van der Waals surface area contributed by atoms with Gasteiger partial charge >= 0.3 is 0 Å². The first-order chi connectivity index (χ1) is 14.0. The molecule has 1 aliphatic rings. The van der Waals surface area contributed by atoms with Gasteiger partial charge in [0.2, 0.25) is 5.91 Å². The zero-order valence-electron chi connectivity index (χ0n) is 15.1. The molecule has 8 nitrogen and oxygen atoms in total. The molecule has 0 atom stereocenters. The van der Waals surface area contributed by atoms with Crippen molar-refractivity contribution in [3.05, 3.63) is 52.9 Å². The number of rotatable bonds is 5. The third-order valence-corrected chi connectivity index (χ3v) is 5.50. The monoisotopic (exact) mass is 426 g/mol. The summed E-state index contributed by atoms with van der Waals surface area (Å²) in [5.41, 5.74) is 2.21. The number of amides is 2. The van der Waals surface area contributed by atoms with E-state index in [-0.39, 0.29) is 12.5 Å². The number of carbonyl (C=O) groups is 2. The van der Waals surface area contributed by atoms with Gasteiger partial charge in [0.25, 0.3) is 5.91 Å². The Bertz CT molecular complexity index is 1160. The minimum absolute atomic E-state index is 0.207. The molecule has 1 fully saturated rings. The lowest BCUT2D eigenvalue weighted by Gasteiger charge is -2.14. The molecule has 1 aliphatic heterocycles. The minimum Gasteiger partial charge on any atom is -0.497 e. The number of anilines is 1. The summed E-state index contributed by atoms with van der Waals surface area (Å²) in [5, 5.41) is 10.2. The maximum atomic E-state index is 12.7. The fourth-order valence-corrected chi connectivity index (χ4v) is 4.01. The smallest absolute Gasteiger partial charge is 0.266 e. The number of nitrogens with zero attached hydrogens (tertiary/aromatic N) is 3. The van der Waals surface area contributed by atoms with Crippen molar-refractivity contribution in [1.29, 1.82) is 0 Å². The number of carbonyl (C=O) groups excluding carboxylic acids is 2. The van der Waals surface area contributed by atoms with Crippen LogP contribution in [0.1, 0.15) is 5.56 Å². The summed E-state index contributed by atoms with van der Waals surface area (Å²) in [5.74, 6) is -0.0381. The Hall–Kier alpha value is -3.24. The molecule has 2 aromatic carbocycles. The van der Waals surface area contributed by atoms with Crippen molar-refractivity contribution in [3.8, 4) is 5.75 Å².